The van der Waals surface area contributed by atoms with Gasteiger partial charge in [-0.25, -0.2) is 13.2 Å². The third kappa shape index (κ3) is 3.76. The van der Waals surface area contributed by atoms with E-state index in [0.29, 0.717) is 16.9 Å². The molecule has 0 bridgehead atoms. The van der Waals surface area contributed by atoms with Crippen molar-refractivity contribution < 1.29 is 13.2 Å². The summed E-state index contributed by atoms with van der Waals surface area (Å²) in [6.07, 6.45) is 0. The standard InChI is InChI=1S/C15H17N3O3S/c1-10-6-7-14(11(2)8-10)22(20,21)18-13-5-3-4-12(9-13)17-15(16)19/h3-9,18H,1-2H3,(H3,16,17,19). The monoisotopic (exact) mass is 319 g/mol. The normalized spacial score (nSPS) is 11.0. The number of hydrogen-bond donors (Lipinski definition) is 3. The Kier molecular flexibility index (Phi) is 4.37. The molecule has 2 rings (SSSR count). The van der Waals surface area contributed by atoms with Gasteiger partial charge in [-0.15, -0.1) is 0 Å². The lowest BCUT2D eigenvalue weighted by Crippen LogP contribution is -2.19. The Labute approximate surface area is 129 Å². The zero-order valence-electron chi connectivity index (χ0n) is 12.3. The Bertz CT molecular complexity index is 817. The smallest absolute Gasteiger partial charge is 0.316 e. The lowest BCUT2D eigenvalue weighted by molar-refractivity contribution is 0.259. The Morgan fingerprint density at radius 2 is 1.73 bits per heavy atom. The summed E-state index contributed by atoms with van der Waals surface area (Å²) in [5, 5.41) is 2.39. The Morgan fingerprint density at radius 1 is 1.05 bits per heavy atom. The first-order valence-corrected chi connectivity index (χ1v) is 8.03. The number of rotatable bonds is 4. The van der Waals surface area contributed by atoms with E-state index in [4.69, 9.17) is 5.73 Å². The molecule has 2 amide bonds. The summed E-state index contributed by atoms with van der Waals surface area (Å²) < 4.78 is 27.4. The average molecular weight is 319 g/mol. The molecule has 6 nitrogen and oxygen atoms in total. The summed E-state index contributed by atoms with van der Waals surface area (Å²) >= 11 is 0. The lowest BCUT2D eigenvalue weighted by Gasteiger charge is -2.12. The van der Waals surface area contributed by atoms with Crippen LogP contribution in [0.25, 0.3) is 0 Å². The molecule has 7 heteroatoms. The number of hydrogen-bond acceptors (Lipinski definition) is 3. The molecule has 0 spiro atoms. The van der Waals surface area contributed by atoms with E-state index in [1.807, 2.05) is 6.92 Å². The van der Waals surface area contributed by atoms with Crippen LogP contribution in [0.1, 0.15) is 11.1 Å². The van der Waals surface area contributed by atoms with Crippen LogP contribution < -0.4 is 15.8 Å². The van der Waals surface area contributed by atoms with Crippen molar-refractivity contribution in [3.63, 3.8) is 0 Å². The van der Waals surface area contributed by atoms with Gasteiger partial charge in [-0.05, 0) is 43.7 Å². The third-order valence-electron chi connectivity index (χ3n) is 3.00. The van der Waals surface area contributed by atoms with Gasteiger partial charge in [0.1, 0.15) is 0 Å². The number of carbonyl (C=O) groups is 1. The van der Waals surface area contributed by atoms with Crippen LogP contribution in [0.3, 0.4) is 0 Å². The fraction of sp³-hybridized carbons (Fsp3) is 0.133. The maximum atomic E-state index is 12.4. The highest BCUT2D eigenvalue weighted by Crippen LogP contribution is 2.22. The molecule has 0 radical (unpaired) electrons. The highest BCUT2D eigenvalue weighted by molar-refractivity contribution is 7.92. The summed E-state index contributed by atoms with van der Waals surface area (Å²) in [5.74, 6) is 0. The molecular formula is C15H17N3O3S. The number of carbonyl (C=O) groups excluding carboxylic acids is 1. The Morgan fingerprint density at radius 3 is 2.36 bits per heavy atom. The lowest BCUT2D eigenvalue weighted by atomic mass is 10.2. The molecule has 0 fully saturated rings. The molecule has 0 saturated heterocycles. The summed E-state index contributed by atoms with van der Waals surface area (Å²) in [6, 6.07) is 10.7. The average Bonchev–Trinajstić information content (AvgIpc) is 2.36. The molecule has 0 aliphatic heterocycles. The number of benzene rings is 2. The molecule has 0 aliphatic carbocycles. The fourth-order valence-corrected chi connectivity index (χ4v) is 3.39. The number of nitrogens with two attached hydrogens (primary N) is 1. The van der Waals surface area contributed by atoms with Gasteiger partial charge in [0.25, 0.3) is 10.0 Å². The van der Waals surface area contributed by atoms with Crippen molar-refractivity contribution >= 4 is 27.4 Å². The van der Waals surface area contributed by atoms with Crippen LogP contribution in [0.2, 0.25) is 0 Å². The molecule has 2 aromatic carbocycles. The van der Waals surface area contributed by atoms with Gasteiger partial charge in [-0.2, -0.15) is 0 Å². The highest BCUT2D eigenvalue weighted by Gasteiger charge is 2.17. The Hall–Kier alpha value is -2.54. The maximum Gasteiger partial charge on any atom is 0.316 e. The molecule has 0 heterocycles. The van der Waals surface area contributed by atoms with Gasteiger partial charge >= 0.3 is 6.03 Å². The number of aryl methyl sites for hydroxylation is 2. The second-order valence-corrected chi connectivity index (χ2v) is 6.60. The summed E-state index contributed by atoms with van der Waals surface area (Å²) in [6.45, 7) is 3.64. The first kappa shape index (κ1) is 15.8. The van der Waals surface area contributed by atoms with Gasteiger partial charge in [0, 0.05) is 5.69 Å². The van der Waals surface area contributed by atoms with Gasteiger partial charge in [0.2, 0.25) is 0 Å². The van der Waals surface area contributed by atoms with Crippen molar-refractivity contribution in [1.82, 2.24) is 0 Å². The van der Waals surface area contributed by atoms with Crippen LogP contribution in [0.5, 0.6) is 0 Å². The van der Waals surface area contributed by atoms with E-state index >= 15 is 0 Å². The Balaban J connectivity index is 2.30. The summed E-state index contributed by atoms with van der Waals surface area (Å²) in [4.78, 5) is 11.0. The number of anilines is 2. The molecule has 116 valence electrons. The molecule has 0 saturated carbocycles. The van der Waals surface area contributed by atoms with Gasteiger partial charge in [-0.3, -0.25) is 4.72 Å². The van der Waals surface area contributed by atoms with Crippen LogP contribution in [0.15, 0.2) is 47.4 Å². The minimum absolute atomic E-state index is 0.214. The quantitative estimate of drug-likeness (QED) is 0.807. The fourth-order valence-electron chi connectivity index (χ4n) is 2.11. The van der Waals surface area contributed by atoms with E-state index in [1.165, 1.54) is 6.07 Å². The number of nitrogens with one attached hydrogen (secondary N) is 2. The van der Waals surface area contributed by atoms with Crippen LogP contribution in [-0.2, 0) is 10.0 Å². The van der Waals surface area contributed by atoms with Crippen molar-refractivity contribution in [2.75, 3.05) is 10.0 Å². The largest absolute Gasteiger partial charge is 0.351 e. The molecular weight excluding hydrogens is 302 g/mol. The second-order valence-electron chi connectivity index (χ2n) is 4.94. The van der Waals surface area contributed by atoms with Crippen LogP contribution in [0.4, 0.5) is 16.2 Å². The molecule has 0 atom stereocenters. The molecule has 22 heavy (non-hydrogen) atoms. The number of sulfonamides is 1. The van der Waals surface area contributed by atoms with Crippen molar-refractivity contribution in [3.05, 3.63) is 53.6 Å². The van der Waals surface area contributed by atoms with E-state index in [0.717, 1.165) is 5.56 Å². The predicted octanol–water partition coefficient (Wildman–Crippen LogP) is 2.59. The molecule has 4 N–H and O–H groups in total. The van der Waals surface area contributed by atoms with E-state index in [1.54, 1.807) is 43.3 Å². The van der Waals surface area contributed by atoms with E-state index in [2.05, 4.69) is 10.0 Å². The zero-order valence-corrected chi connectivity index (χ0v) is 13.1. The topological polar surface area (TPSA) is 101 Å². The number of primary amides is 1. The zero-order chi connectivity index (χ0) is 16.3. The summed E-state index contributed by atoms with van der Waals surface area (Å²) in [7, 11) is -3.70. The highest BCUT2D eigenvalue weighted by atomic mass is 32.2. The van der Waals surface area contributed by atoms with Crippen molar-refractivity contribution in [2.24, 2.45) is 5.73 Å². The number of urea groups is 1. The van der Waals surface area contributed by atoms with Crippen LogP contribution in [-0.4, -0.2) is 14.4 Å². The van der Waals surface area contributed by atoms with Crippen LogP contribution in [0, 0.1) is 13.8 Å². The summed E-state index contributed by atoms with van der Waals surface area (Å²) in [5.41, 5.74) is 7.44. The number of amides is 2. The van der Waals surface area contributed by atoms with Gasteiger partial charge < -0.3 is 11.1 Å². The first-order valence-electron chi connectivity index (χ1n) is 6.54. The van der Waals surface area contributed by atoms with Gasteiger partial charge in [-0.1, -0.05) is 23.8 Å². The van der Waals surface area contributed by atoms with Crippen molar-refractivity contribution in [1.29, 1.82) is 0 Å². The predicted molar refractivity (Wildman–Crippen MR) is 86.4 cm³/mol. The van der Waals surface area contributed by atoms with Crippen LogP contribution >= 0.6 is 0 Å². The second kappa shape index (κ2) is 6.07. The van der Waals surface area contributed by atoms with E-state index in [-0.39, 0.29) is 4.90 Å². The molecule has 0 unspecified atom stereocenters. The molecule has 0 aromatic heterocycles. The first-order chi connectivity index (χ1) is 10.3. The minimum atomic E-state index is -3.70. The molecule has 2 aromatic rings. The molecule has 0 aliphatic rings. The van der Waals surface area contributed by atoms with E-state index < -0.39 is 16.1 Å². The van der Waals surface area contributed by atoms with E-state index in [9.17, 15) is 13.2 Å². The minimum Gasteiger partial charge on any atom is -0.351 e. The van der Waals surface area contributed by atoms with Gasteiger partial charge in [0.05, 0.1) is 10.6 Å². The SMILES string of the molecule is Cc1ccc(S(=O)(=O)Nc2cccc(NC(N)=O)c2)c(C)c1. The van der Waals surface area contributed by atoms with Gasteiger partial charge in [0.15, 0.2) is 0 Å². The van der Waals surface area contributed by atoms with Crippen molar-refractivity contribution in [3.8, 4) is 0 Å². The third-order valence-corrected chi connectivity index (χ3v) is 4.54. The maximum absolute atomic E-state index is 12.4. The van der Waals surface area contributed by atoms with Crippen molar-refractivity contribution in [2.45, 2.75) is 18.7 Å².